The highest BCUT2D eigenvalue weighted by atomic mass is 16.5. The lowest BCUT2D eigenvalue weighted by Crippen LogP contribution is -2.47. The van der Waals surface area contributed by atoms with E-state index in [9.17, 15) is 9.90 Å². The van der Waals surface area contributed by atoms with Crippen LogP contribution in [0, 0.1) is 5.92 Å². The Morgan fingerprint density at radius 2 is 2.08 bits per heavy atom. The van der Waals surface area contributed by atoms with Crippen LogP contribution in [0.25, 0.3) is 0 Å². The van der Waals surface area contributed by atoms with Crippen molar-refractivity contribution < 1.29 is 24.1 Å². The average Bonchev–Trinajstić information content (AvgIpc) is 3.16. The number of aliphatic hydroxyl groups excluding tert-OH is 1. The molecule has 0 aliphatic carbocycles. The van der Waals surface area contributed by atoms with Crippen LogP contribution in [0.2, 0.25) is 0 Å². The van der Waals surface area contributed by atoms with E-state index in [1.807, 2.05) is 23.7 Å². The lowest BCUT2D eigenvalue weighted by atomic mass is 10.0. The summed E-state index contributed by atoms with van der Waals surface area (Å²) >= 11 is 0. The molecule has 2 aliphatic heterocycles. The van der Waals surface area contributed by atoms with Crippen molar-refractivity contribution in [3.63, 3.8) is 0 Å². The summed E-state index contributed by atoms with van der Waals surface area (Å²) in [5.41, 5.74) is 1.98. The number of aromatic nitrogens is 3. The minimum Gasteiger partial charge on any atom is -0.490 e. The van der Waals surface area contributed by atoms with Crippen LogP contribution < -0.4 is 9.47 Å². The molecule has 2 aromatic rings. The smallest absolute Gasteiger partial charge is 0.222 e. The molecule has 3 atom stereocenters. The first-order chi connectivity index (χ1) is 17.5. The van der Waals surface area contributed by atoms with E-state index in [1.54, 1.807) is 11.1 Å². The second-order valence-electron chi connectivity index (χ2n) is 9.95. The van der Waals surface area contributed by atoms with E-state index in [0.717, 1.165) is 29.2 Å². The Kier molecular flexibility index (Phi) is 9.17. The highest BCUT2D eigenvalue weighted by molar-refractivity contribution is 5.76. The largest absolute Gasteiger partial charge is 0.490 e. The molecule has 0 saturated heterocycles. The third kappa shape index (κ3) is 6.54. The lowest BCUT2D eigenvalue weighted by Gasteiger charge is -2.35. The number of carbonyl (C=O) groups is 1. The molecule has 1 amide bonds. The van der Waals surface area contributed by atoms with Gasteiger partial charge in [-0.2, -0.15) is 0 Å². The number of amides is 1. The fraction of sp³-hybridized carbons (Fsp3) is 0.654. The fourth-order valence-electron chi connectivity index (χ4n) is 4.79. The van der Waals surface area contributed by atoms with Gasteiger partial charge >= 0.3 is 0 Å². The monoisotopic (exact) mass is 501 g/mol. The van der Waals surface area contributed by atoms with Crippen molar-refractivity contribution in [2.24, 2.45) is 5.92 Å². The second-order valence-corrected chi connectivity index (χ2v) is 9.95. The van der Waals surface area contributed by atoms with Crippen LogP contribution in [-0.4, -0.2) is 87.9 Å². The number of carbonyl (C=O) groups excluding carboxylic acids is 1. The normalized spacial score (nSPS) is 22.4. The molecular weight excluding hydrogens is 462 g/mol. The first-order valence-corrected chi connectivity index (χ1v) is 12.9. The van der Waals surface area contributed by atoms with Gasteiger partial charge in [0.05, 0.1) is 50.5 Å². The van der Waals surface area contributed by atoms with Crippen LogP contribution in [0.4, 0.5) is 0 Å². The molecule has 198 valence electrons. The molecule has 3 heterocycles. The Labute approximate surface area is 213 Å². The van der Waals surface area contributed by atoms with Crippen LogP contribution >= 0.6 is 0 Å². The van der Waals surface area contributed by atoms with Gasteiger partial charge in [-0.25, -0.2) is 4.68 Å². The van der Waals surface area contributed by atoms with Crippen molar-refractivity contribution in [1.82, 2.24) is 24.8 Å². The van der Waals surface area contributed by atoms with Crippen LogP contribution in [0.1, 0.15) is 44.4 Å². The molecule has 0 radical (unpaired) electrons. The van der Waals surface area contributed by atoms with Gasteiger partial charge in [-0.1, -0.05) is 24.3 Å². The van der Waals surface area contributed by atoms with Gasteiger partial charge in [0.15, 0.2) is 11.5 Å². The molecule has 0 bridgehead atoms. The Bertz CT molecular complexity index is 999. The van der Waals surface area contributed by atoms with E-state index >= 15 is 0 Å². The van der Waals surface area contributed by atoms with E-state index in [2.05, 4.69) is 35.2 Å². The number of hydrogen-bond donors (Lipinski definition) is 1. The van der Waals surface area contributed by atoms with Gasteiger partial charge in [-0.05, 0) is 26.5 Å². The third-order valence-electron chi connectivity index (χ3n) is 6.92. The van der Waals surface area contributed by atoms with Gasteiger partial charge in [-0.3, -0.25) is 9.69 Å². The Morgan fingerprint density at radius 3 is 2.92 bits per heavy atom. The van der Waals surface area contributed by atoms with Gasteiger partial charge in [0.1, 0.15) is 0 Å². The van der Waals surface area contributed by atoms with E-state index in [4.69, 9.17) is 14.2 Å². The van der Waals surface area contributed by atoms with E-state index < -0.39 is 0 Å². The minimum absolute atomic E-state index is 0.0432. The number of aliphatic hydroxyl groups is 1. The number of para-hydroxylation sites is 1. The number of benzene rings is 1. The highest BCUT2D eigenvalue weighted by Gasteiger charge is 2.28. The van der Waals surface area contributed by atoms with E-state index in [0.29, 0.717) is 58.8 Å². The maximum Gasteiger partial charge on any atom is 0.222 e. The van der Waals surface area contributed by atoms with Crippen molar-refractivity contribution in [1.29, 1.82) is 0 Å². The van der Waals surface area contributed by atoms with Crippen LogP contribution in [0.3, 0.4) is 0 Å². The average molecular weight is 502 g/mol. The number of fused-ring (bicyclic) bond motifs is 2. The molecule has 10 nitrogen and oxygen atoms in total. The van der Waals surface area contributed by atoms with Gasteiger partial charge in [0.25, 0.3) is 0 Å². The zero-order chi connectivity index (χ0) is 25.5. The van der Waals surface area contributed by atoms with Crippen molar-refractivity contribution in [2.75, 3.05) is 40.0 Å². The first kappa shape index (κ1) is 26.4. The van der Waals surface area contributed by atoms with E-state index in [1.165, 1.54) is 0 Å². The molecule has 0 unspecified atom stereocenters. The highest BCUT2D eigenvalue weighted by Crippen LogP contribution is 2.34. The summed E-state index contributed by atoms with van der Waals surface area (Å²) in [4.78, 5) is 17.1. The topological polar surface area (TPSA) is 102 Å². The lowest BCUT2D eigenvalue weighted by molar-refractivity contribution is -0.136. The molecule has 2 aliphatic rings. The molecule has 36 heavy (non-hydrogen) atoms. The van der Waals surface area contributed by atoms with Gasteiger partial charge in [0.2, 0.25) is 5.91 Å². The maximum absolute atomic E-state index is 13.1. The summed E-state index contributed by atoms with van der Waals surface area (Å²) in [5, 5.41) is 18.0. The third-order valence-corrected chi connectivity index (χ3v) is 6.92. The van der Waals surface area contributed by atoms with Gasteiger partial charge < -0.3 is 24.2 Å². The number of rotatable bonds is 6. The van der Waals surface area contributed by atoms with Gasteiger partial charge in [0, 0.05) is 50.5 Å². The Hall–Kier alpha value is -2.69. The van der Waals surface area contributed by atoms with Crippen molar-refractivity contribution in [2.45, 2.75) is 65.0 Å². The van der Waals surface area contributed by atoms with Crippen LogP contribution in [-0.2, 0) is 29.2 Å². The Balaban J connectivity index is 1.51. The van der Waals surface area contributed by atoms with Crippen molar-refractivity contribution in [3.8, 4) is 11.5 Å². The molecular formula is C26H39N5O5. The predicted molar refractivity (Wildman–Crippen MR) is 134 cm³/mol. The number of ether oxygens (including phenoxy) is 3. The fourth-order valence-corrected chi connectivity index (χ4v) is 4.79. The zero-order valence-electron chi connectivity index (χ0n) is 21.6. The summed E-state index contributed by atoms with van der Waals surface area (Å²) in [6, 6.07) is 5.77. The molecule has 10 heteroatoms. The van der Waals surface area contributed by atoms with Crippen molar-refractivity contribution in [3.05, 3.63) is 35.7 Å². The number of hydrogen-bond acceptors (Lipinski definition) is 8. The Morgan fingerprint density at radius 1 is 1.25 bits per heavy atom. The summed E-state index contributed by atoms with van der Waals surface area (Å²) in [7, 11) is 2.06. The molecule has 0 spiro atoms. The molecule has 0 saturated carbocycles. The van der Waals surface area contributed by atoms with Crippen molar-refractivity contribution >= 4 is 5.91 Å². The SMILES string of the molecule is C[C@@H]1CN([C@H](C)CO)C(=O)CCCn2nncc2CO[C@H]1CN(C)Cc1cccc2c1OCCCO2. The zero-order valence-corrected chi connectivity index (χ0v) is 21.6. The summed E-state index contributed by atoms with van der Waals surface area (Å²) in [5.74, 6) is 1.70. The summed E-state index contributed by atoms with van der Waals surface area (Å²) in [6.07, 6.45) is 3.51. The predicted octanol–water partition coefficient (Wildman–Crippen LogP) is 2.10. The molecule has 1 aromatic heterocycles. The summed E-state index contributed by atoms with van der Waals surface area (Å²) < 4.78 is 20.1. The molecule has 1 N–H and O–H groups in total. The van der Waals surface area contributed by atoms with Gasteiger partial charge in [-0.15, -0.1) is 5.10 Å². The second kappa shape index (κ2) is 12.5. The molecule has 0 fully saturated rings. The first-order valence-electron chi connectivity index (χ1n) is 12.9. The number of likely N-dealkylation sites (N-methyl/N-ethyl adjacent to an activating group) is 1. The van der Waals surface area contributed by atoms with Crippen LogP contribution in [0.15, 0.2) is 24.4 Å². The maximum atomic E-state index is 13.1. The molecule has 4 rings (SSSR count). The number of aryl methyl sites for hydroxylation is 1. The van der Waals surface area contributed by atoms with E-state index in [-0.39, 0.29) is 30.6 Å². The summed E-state index contributed by atoms with van der Waals surface area (Å²) in [6.45, 7) is 8.08. The van der Waals surface area contributed by atoms with Crippen LogP contribution in [0.5, 0.6) is 11.5 Å². The minimum atomic E-state index is -0.250. The standard InChI is InChI=1S/C26H39N5O5/c1-19-14-30(20(2)17-32)25(33)9-5-10-31-22(13-27-28-31)18-36-24(19)16-29(3)15-21-7-4-8-23-26(21)35-12-6-11-34-23/h4,7-8,13,19-20,24,32H,5-6,9-12,14-18H2,1-3H3/t19-,20-,24+/m1/s1. The number of nitrogens with zero attached hydrogens (tertiary/aromatic N) is 5. The molecule has 1 aromatic carbocycles. The quantitative estimate of drug-likeness (QED) is 0.642.